The van der Waals surface area contributed by atoms with Crippen LogP contribution in [0.2, 0.25) is 0 Å². The largest absolute Gasteiger partial charge is 0.396 e. The van der Waals surface area contributed by atoms with Gasteiger partial charge in [-0.15, -0.1) is 0 Å². The zero-order valence-corrected chi connectivity index (χ0v) is 12.8. The first-order valence-electron chi connectivity index (χ1n) is 5.48. The minimum Gasteiger partial charge on any atom is -0.396 e. The topological polar surface area (TPSA) is 128 Å². The van der Waals surface area contributed by atoms with Gasteiger partial charge in [0.15, 0.2) is 5.03 Å². The minimum atomic E-state index is -4.02. The molecule has 3 N–H and O–H groups in total. The molecule has 0 aliphatic rings. The van der Waals surface area contributed by atoms with E-state index in [4.69, 9.17) is 5.73 Å². The highest BCUT2D eigenvalue weighted by atomic mass is 79.9. The second-order valence-electron chi connectivity index (χ2n) is 3.93. The number of nitro groups is 1. The maximum atomic E-state index is 12.2. The van der Waals surface area contributed by atoms with Crippen LogP contribution in [0.3, 0.4) is 0 Å². The predicted molar refractivity (Wildman–Crippen MR) is 80.3 cm³/mol. The second kappa shape index (κ2) is 5.66. The monoisotopic (exact) mass is 372 g/mol. The summed E-state index contributed by atoms with van der Waals surface area (Å²) in [5.74, 6) is 0. The van der Waals surface area contributed by atoms with Gasteiger partial charge in [0.25, 0.3) is 15.7 Å². The van der Waals surface area contributed by atoms with Crippen LogP contribution in [0.1, 0.15) is 0 Å². The number of sulfonamides is 1. The number of hydrogen-bond donors (Lipinski definition) is 2. The third-order valence-corrected chi connectivity index (χ3v) is 4.48. The molecule has 21 heavy (non-hydrogen) atoms. The number of halogens is 1. The highest BCUT2D eigenvalue weighted by Crippen LogP contribution is 2.29. The number of hydrogen-bond acceptors (Lipinski definition) is 6. The van der Waals surface area contributed by atoms with Gasteiger partial charge >= 0.3 is 0 Å². The van der Waals surface area contributed by atoms with Crippen LogP contribution in [0.5, 0.6) is 0 Å². The second-order valence-corrected chi connectivity index (χ2v) is 6.38. The van der Waals surface area contributed by atoms with Crippen LogP contribution in [-0.2, 0) is 10.0 Å². The molecule has 0 radical (unpaired) electrons. The van der Waals surface area contributed by atoms with E-state index in [1.807, 2.05) is 0 Å². The van der Waals surface area contributed by atoms with Crippen molar-refractivity contribution < 1.29 is 13.3 Å². The molecule has 2 aromatic rings. The molecule has 0 aliphatic heterocycles. The Bertz CT molecular complexity index is 810. The van der Waals surface area contributed by atoms with Gasteiger partial charge < -0.3 is 5.73 Å². The smallest absolute Gasteiger partial charge is 0.285 e. The van der Waals surface area contributed by atoms with E-state index in [1.54, 1.807) is 0 Å². The fourth-order valence-electron chi connectivity index (χ4n) is 1.55. The van der Waals surface area contributed by atoms with Crippen LogP contribution in [-0.4, -0.2) is 18.3 Å². The first-order valence-corrected chi connectivity index (χ1v) is 7.76. The molecule has 0 unspecified atom stereocenters. The molecular weight excluding hydrogens is 364 g/mol. The van der Waals surface area contributed by atoms with E-state index in [2.05, 4.69) is 25.6 Å². The van der Waals surface area contributed by atoms with Crippen molar-refractivity contribution in [3.8, 4) is 0 Å². The van der Waals surface area contributed by atoms with Crippen molar-refractivity contribution in [2.45, 2.75) is 5.03 Å². The number of pyridine rings is 1. The Balaban J connectivity index is 2.40. The van der Waals surface area contributed by atoms with Crippen molar-refractivity contribution in [1.82, 2.24) is 4.98 Å². The molecule has 110 valence electrons. The number of benzene rings is 1. The van der Waals surface area contributed by atoms with Crippen molar-refractivity contribution in [1.29, 1.82) is 0 Å². The van der Waals surface area contributed by atoms with Crippen molar-refractivity contribution in [2.24, 2.45) is 0 Å². The molecule has 10 heteroatoms. The van der Waals surface area contributed by atoms with Crippen LogP contribution < -0.4 is 10.5 Å². The van der Waals surface area contributed by atoms with Crippen LogP contribution in [0.4, 0.5) is 17.1 Å². The van der Waals surface area contributed by atoms with Crippen molar-refractivity contribution in [3.05, 3.63) is 51.1 Å². The van der Waals surface area contributed by atoms with Crippen molar-refractivity contribution >= 4 is 43.0 Å². The van der Waals surface area contributed by atoms with Crippen molar-refractivity contribution in [2.75, 3.05) is 10.5 Å². The van der Waals surface area contributed by atoms with Crippen molar-refractivity contribution in [3.63, 3.8) is 0 Å². The van der Waals surface area contributed by atoms with Crippen LogP contribution in [0.15, 0.2) is 46.0 Å². The molecule has 0 aliphatic carbocycles. The maximum absolute atomic E-state index is 12.2. The quantitative estimate of drug-likeness (QED) is 0.624. The molecule has 1 heterocycles. The Hall–Kier alpha value is -2.20. The van der Waals surface area contributed by atoms with E-state index >= 15 is 0 Å². The van der Waals surface area contributed by atoms with Crippen LogP contribution in [0.25, 0.3) is 0 Å². The lowest BCUT2D eigenvalue weighted by molar-refractivity contribution is -0.385. The van der Waals surface area contributed by atoms with E-state index in [0.717, 1.165) is 6.07 Å². The third-order valence-electron chi connectivity index (χ3n) is 2.45. The summed E-state index contributed by atoms with van der Waals surface area (Å²) >= 11 is 3.02. The highest BCUT2D eigenvalue weighted by Gasteiger charge is 2.21. The number of aromatic nitrogens is 1. The normalized spacial score (nSPS) is 11.1. The Labute approximate surface area is 128 Å². The molecule has 1 aromatic carbocycles. The summed E-state index contributed by atoms with van der Waals surface area (Å²) in [5, 5.41) is 10.5. The van der Waals surface area contributed by atoms with Gasteiger partial charge in [0.05, 0.1) is 20.8 Å². The number of nitrogens with one attached hydrogen (secondary N) is 1. The van der Waals surface area contributed by atoms with Gasteiger partial charge in [0, 0.05) is 12.3 Å². The van der Waals surface area contributed by atoms with Gasteiger partial charge in [-0.25, -0.2) is 4.98 Å². The van der Waals surface area contributed by atoms with E-state index in [-0.39, 0.29) is 26.6 Å². The third kappa shape index (κ3) is 3.28. The van der Waals surface area contributed by atoms with Crippen LogP contribution in [0, 0.1) is 10.1 Å². The molecule has 0 atom stereocenters. The van der Waals surface area contributed by atoms with E-state index in [0.29, 0.717) is 0 Å². The molecule has 0 saturated heterocycles. The fourth-order valence-corrected chi connectivity index (χ4v) is 3.05. The lowest BCUT2D eigenvalue weighted by Crippen LogP contribution is -2.16. The summed E-state index contributed by atoms with van der Waals surface area (Å²) < 4.78 is 26.8. The number of anilines is 2. The van der Waals surface area contributed by atoms with E-state index < -0.39 is 14.9 Å². The van der Waals surface area contributed by atoms with Gasteiger partial charge in [-0.1, -0.05) is 0 Å². The molecule has 1 aromatic heterocycles. The van der Waals surface area contributed by atoms with E-state index in [1.165, 1.54) is 30.5 Å². The first-order chi connectivity index (χ1) is 9.81. The molecule has 0 spiro atoms. The lowest BCUT2D eigenvalue weighted by Gasteiger charge is -2.09. The zero-order valence-electron chi connectivity index (χ0n) is 10.4. The molecule has 0 saturated carbocycles. The number of nitro benzene ring substituents is 1. The Morgan fingerprint density at radius 3 is 2.67 bits per heavy atom. The fraction of sp³-hybridized carbons (Fsp3) is 0. The van der Waals surface area contributed by atoms with Gasteiger partial charge in [0.1, 0.15) is 0 Å². The standard InChI is InChI=1S/C11H9BrN4O4S/c12-8-4-3-7(6-10(8)16(17)18)15-21(19,20)11-9(13)2-1-5-14-11/h1-6,15H,13H2. The average molecular weight is 373 g/mol. The SMILES string of the molecule is Nc1cccnc1S(=O)(=O)Nc1ccc(Br)c([N+](=O)[O-])c1. The number of rotatable bonds is 4. The Morgan fingerprint density at radius 1 is 1.33 bits per heavy atom. The summed E-state index contributed by atoms with van der Waals surface area (Å²) in [7, 11) is -4.02. The zero-order chi connectivity index (χ0) is 15.6. The molecule has 2 rings (SSSR count). The molecule has 0 fully saturated rings. The maximum Gasteiger partial charge on any atom is 0.285 e. The van der Waals surface area contributed by atoms with Gasteiger partial charge in [-0.3, -0.25) is 14.8 Å². The highest BCUT2D eigenvalue weighted by molar-refractivity contribution is 9.10. The molecule has 8 nitrogen and oxygen atoms in total. The Morgan fingerprint density at radius 2 is 2.05 bits per heavy atom. The summed E-state index contributed by atoms with van der Waals surface area (Å²) in [6.07, 6.45) is 1.29. The number of nitrogens with zero attached hydrogens (tertiary/aromatic N) is 2. The number of nitrogen functional groups attached to an aromatic ring is 1. The summed E-state index contributed by atoms with van der Waals surface area (Å²) in [6, 6.07) is 6.75. The van der Waals surface area contributed by atoms with Crippen LogP contribution >= 0.6 is 15.9 Å². The summed E-state index contributed by atoms with van der Waals surface area (Å²) in [5.41, 5.74) is 5.33. The minimum absolute atomic E-state index is 0.0170. The average Bonchev–Trinajstić information content (AvgIpc) is 2.40. The van der Waals surface area contributed by atoms with Gasteiger partial charge in [0.2, 0.25) is 0 Å². The van der Waals surface area contributed by atoms with E-state index in [9.17, 15) is 18.5 Å². The lowest BCUT2D eigenvalue weighted by atomic mass is 10.3. The summed E-state index contributed by atoms with van der Waals surface area (Å²) in [6.45, 7) is 0. The molecule has 0 bridgehead atoms. The predicted octanol–water partition coefficient (Wildman–Crippen LogP) is 2.14. The summed E-state index contributed by atoms with van der Waals surface area (Å²) in [4.78, 5) is 13.9. The molecule has 0 amide bonds. The Kier molecular flexibility index (Phi) is 4.09. The first kappa shape index (κ1) is 15.2. The van der Waals surface area contributed by atoms with Gasteiger partial charge in [-0.2, -0.15) is 8.42 Å². The van der Waals surface area contributed by atoms with Gasteiger partial charge in [-0.05, 0) is 40.2 Å². The number of nitrogens with two attached hydrogens (primary N) is 1. The molecular formula is C11H9BrN4O4S.